The van der Waals surface area contributed by atoms with Gasteiger partial charge in [-0.25, -0.2) is 0 Å². The van der Waals surface area contributed by atoms with Crippen LogP contribution in [0.5, 0.6) is 11.5 Å². The van der Waals surface area contributed by atoms with Gasteiger partial charge in [-0.1, -0.05) is 22.0 Å². The molecule has 148 valence electrons. The lowest BCUT2D eigenvalue weighted by Gasteiger charge is -2.20. The molecule has 7 heteroatoms. The smallest absolute Gasteiger partial charge is 0.253 e. The zero-order valence-corrected chi connectivity index (χ0v) is 17.5. The van der Waals surface area contributed by atoms with Crippen molar-refractivity contribution in [2.24, 2.45) is 0 Å². The SMILES string of the molecule is CCN(CC)C(=O)c1cccc(NC(=O)Cc2cc3c(cc2Br)OCCO3)c1. The minimum absolute atomic E-state index is 0.0457. The molecule has 0 aromatic heterocycles. The van der Waals surface area contributed by atoms with Crippen LogP contribution in [0.4, 0.5) is 5.69 Å². The van der Waals surface area contributed by atoms with Gasteiger partial charge in [0.2, 0.25) is 5.91 Å². The van der Waals surface area contributed by atoms with Gasteiger partial charge < -0.3 is 19.7 Å². The number of rotatable bonds is 6. The summed E-state index contributed by atoms with van der Waals surface area (Å²) in [4.78, 5) is 26.8. The van der Waals surface area contributed by atoms with Crippen molar-refractivity contribution in [2.75, 3.05) is 31.6 Å². The minimum Gasteiger partial charge on any atom is -0.486 e. The second-order valence-electron chi connectivity index (χ2n) is 6.37. The average molecular weight is 447 g/mol. The van der Waals surface area contributed by atoms with Gasteiger partial charge in [0.15, 0.2) is 11.5 Å². The number of ether oxygens (including phenoxy) is 2. The molecule has 0 atom stereocenters. The van der Waals surface area contributed by atoms with Crippen molar-refractivity contribution in [1.82, 2.24) is 4.90 Å². The molecule has 0 fully saturated rings. The highest BCUT2D eigenvalue weighted by Gasteiger charge is 2.17. The maximum absolute atomic E-state index is 12.5. The van der Waals surface area contributed by atoms with Crippen LogP contribution in [0.3, 0.4) is 0 Å². The number of hydrogen-bond acceptors (Lipinski definition) is 4. The number of hydrogen-bond donors (Lipinski definition) is 1. The van der Waals surface area contributed by atoms with Gasteiger partial charge in [0.25, 0.3) is 5.91 Å². The monoisotopic (exact) mass is 446 g/mol. The fourth-order valence-electron chi connectivity index (χ4n) is 3.04. The van der Waals surface area contributed by atoms with E-state index < -0.39 is 0 Å². The first-order valence-corrected chi connectivity index (χ1v) is 10.1. The summed E-state index contributed by atoms with van der Waals surface area (Å²) in [7, 11) is 0. The van der Waals surface area contributed by atoms with Crippen LogP contribution in [0.2, 0.25) is 0 Å². The fourth-order valence-corrected chi connectivity index (χ4v) is 3.51. The molecule has 3 rings (SSSR count). The zero-order valence-electron chi connectivity index (χ0n) is 16.0. The van der Waals surface area contributed by atoms with Crippen LogP contribution in [0.1, 0.15) is 29.8 Å². The summed E-state index contributed by atoms with van der Waals surface area (Å²) in [6, 6.07) is 10.6. The molecule has 0 saturated carbocycles. The lowest BCUT2D eigenvalue weighted by Crippen LogP contribution is -2.30. The lowest BCUT2D eigenvalue weighted by molar-refractivity contribution is -0.115. The molecule has 6 nitrogen and oxygen atoms in total. The number of amides is 2. The average Bonchev–Trinajstić information content (AvgIpc) is 2.69. The molecule has 1 aliphatic rings. The van der Waals surface area contributed by atoms with Crippen molar-refractivity contribution >= 4 is 33.4 Å². The van der Waals surface area contributed by atoms with E-state index in [1.807, 2.05) is 26.0 Å². The Morgan fingerprint density at radius 2 is 1.75 bits per heavy atom. The van der Waals surface area contributed by atoms with Crippen molar-refractivity contribution in [1.29, 1.82) is 0 Å². The maximum Gasteiger partial charge on any atom is 0.253 e. The Hall–Kier alpha value is -2.54. The first-order chi connectivity index (χ1) is 13.5. The Bertz CT molecular complexity index is 881. The molecule has 0 spiro atoms. The Morgan fingerprint density at radius 1 is 1.07 bits per heavy atom. The van der Waals surface area contributed by atoms with Crippen LogP contribution in [0.25, 0.3) is 0 Å². The first-order valence-electron chi connectivity index (χ1n) is 9.29. The van der Waals surface area contributed by atoms with Crippen LogP contribution in [0.15, 0.2) is 40.9 Å². The summed E-state index contributed by atoms with van der Waals surface area (Å²) < 4.78 is 11.9. The number of nitrogens with one attached hydrogen (secondary N) is 1. The minimum atomic E-state index is -0.176. The van der Waals surface area contributed by atoms with Gasteiger partial charge >= 0.3 is 0 Å². The van der Waals surface area contributed by atoms with E-state index in [0.29, 0.717) is 49.1 Å². The van der Waals surface area contributed by atoms with Crippen LogP contribution >= 0.6 is 15.9 Å². The van der Waals surface area contributed by atoms with Gasteiger partial charge in [-0.05, 0) is 49.7 Å². The molecule has 2 aromatic carbocycles. The Labute approximate surface area is 172 Å². The molecule has 2 aromatic rings. The van der Waals surface area contributed by atoms with Crippen molar-refractivity contribution < 1.29 is 19.1 Å². The zero-order chi connectivity index (χ0) is 20.1. The van der Waals surface area contributed by atoms with Crippen molar-refractivity contribution in [2.45, 2.75) is 20.3 Å². The summed E-state index contributed by atoms with van der Waals surface area (Å²) in [6.45, 7) is 6.18. The largest absolute Gasteiger partial charge is 0.486 e. The second kappa shape index (κ2) is 9.10. The van der Waals surface area contributed by atoms with Crippen LogP contribution < -0.4 is 14.8 Å². The van der Waals surface area contributed by atoms with Crippen LogP contribution in [0, 0.1) is 0 Å². The van der Waals surface area contributed by atoms with E-state index >= 15 is 0 Å². The first kappa shape index (κ1) is 20.2. The summed E-state index contributed by atoms with van der Waals surface area (Å²) in [5.41, 5.74) is 1.95. The topological polar surface area (TPSA) is 67.9 Å². The molecule has 0 radical (unpaired) electrons. The summed E-state index contributed by atoms with van der Waals surface area (Å²) in [6.07, 6.45) is 0.172. The van der Waals surface area contributed by atoms with Gasteiger partial charge in [0.05, 0.1) is 6.42 Å². The highest BCUT2D eigenvalue weighted by atomic mass is 79.9. The number of anilines is 1. The van der Waals surface area contributed by atoms with E-state index in [4.69, 9.17) is 9.47 Å². The van der Waals surface area contributed by atoms with E-state index in [9.17, 15) is 9.59 Å². The van der Waals surface area contributed by atoms with Gasteiger partial charge in [-0.3, -0.25) is 9.59 Å². The molecule has 0 aliphatic carbocycles. The van der Waals surface area contributed by atoms with Crippen LogP contribution in [-0.2, 0) is 11.2 Å². The Balaban J connectivity index is 1.70. The molecule has 1 heterocycles. The molecule has 2 amide bonds. The highest BCUT2D eigenvalue weighted by molar-refractivity contribution is 9.10. The molecule has 0 unspecified atom stereocenters. The second-order valence-corrected chi connectivity index (χ2v) is 7.22. The normalized spacial score (nSPS) is 12.4. The number of carbonyl (C=O) groups excluding carboxylic acids is 2. The molecule has 0 bridgehead atoms. The van der Waals surface area contributed by atoms with Gasteiger partial charge in [0.1, 0.15) is 13.2 Å². The number of carbonyl (C=O) groups is 2. The van der Waals surface area contributed by atoms with E-state index in [2.05, 4.69) is 21.2 Å². The van der Waals surface area contributed by atoms with Crippen molar-refractivity contribution in [3.8, 4) is 11.5 Å². The third-order valence-electron chi connectivity index (χ3n) is 4.51. The number of fused-ring (bicyclic) bond motifs is 1. The van der Waals surface area contributed by atoms with Gasteiger partial charge in [-0.2, -0.15) is 0 Å². The molecule has 1 N–H and O–H groups in total. The van der Waals surface area contributed by atoms with E-state index in [1.54, 1.807) is 29.2 Å². The van der Waals surface area contributed by atoms with E-state index in [0.717, 1.165) is 10.0 Å². The van der Waals surface area contributed by atoms with Crippen molar-refractivity contribution in [3.63, 3.8) is 0 Å². The third kappa shape index (κ3) is 4.65. The summed E-state index contributed by atoms with van der Waals surface area (Å²) in [5.74, 6) is 1.09. The highest BCUT2D eigenvalue weighted by Crippen LogP contribution is 2.35. The summed E-state index contributed by atoms with van der Waals surface area (Å²) in [5, 5.41) is 2.87. The third-order valence-corrected chi connectivity index (χ3v) is 5.24. The predicted octanol–water partition coefficient (Wildman–Crippen LogP) is 3.88. The fraction of sp³-hybridized carbons (Fsp3) is 0.333. The molecule has 0 saturated heterocycles. The molecule has 1 aliphatic heterocycles. The van der Waals surface area contributed by atoms with Gasteiger partial charge in [0, 0.05) is 28.8 Å². The van der Waals surface area contributed by atoms with E-state index in [-0.39, 0.29) is 18.2 Å². The Kier molecular flexibility index (Phi) is 6.57. The summed E-state index contributed by atoms with van der Waals surface area (Å²) >= 11 is 3.49. The van der Waals surface area contributed by atoms with Crippen molar-refractivity contribution in [3.05, 3.63) is 52.0 Å². The Morgan fingerprint density at radius 3 is 2.43 bits per heavy atom. The number of benzene rings is 2. The molecular weight excluding hydrogens is 424 g/mol. The number of halogens is 1. The predicted molar refractivity (Wildman–Crippen MR) is 111 cm³/mol. The maximum atomic E-state index is 12.5. The molecule has 28 heavy (non-hydrogen) atoms. The number of nitrogens with zero attached hydrogens (tertiary/aromatic N) is 1. The molecular formula is C21H23BrN2O4. The van der Waals surface area contributed by atoms with E-state index in [1.165, 1.54) is 0 Å². The van der Waals surface area contributed by atoms with Crippen LogP contribution in [-0.4, -0.2) is 43.0 Å². The lowest BCUT2D eigenvalue weighted by atomic mass is 10.1. The standard InChI is InChI=1S/C21H23BrN2O4/c1-3-24(4-2)21(26)14-6-5-7-16(10-14)23-20(25)12-15-11-18-19(13-17(15)22)28-9-8-27-18/h5-7,10-11,13H,3-4,8-9,12H2,1-2H3,(H,23,25). The quantitative estimate of drug-likeness (QED) is 0.730. The van der Waals surface area contributed by atoms with Gasteiger partial charge in [-0.15, -0.1) is 0 Å².